The number of methoxy groups -OCH3 is 1. The molecule has 0 radical (unpaired) electrons. The van der Waals surface area contributed by atoms with E-state index in [0.29, 0.717) is 0 Å². The maximum atomic E-state index is 10.8. The van der Waals surface area contributed by atoms with Gasteiger partial charge in [0, 0.05) is 5.71 Å². The molecule has 0 saturated carbocycles. The van der Waals surface area contributed by atoms with E-state index in [0.717, 1.165) is 0 Å². The molecule has 0 bridgehead atoms. The third-order valence-electron chi connectivity index (χ3n) is 1.13. The summed E-state index contributed by atoms with van der Waals surface area (Å²) in [6, 6.07) is 0. The largest absolute Gasteiger partial charge is 0.512 e. The van der Waals surface area contributed by atoms with Gasteiger partial charge in [0.1, 0.15) is 11.3 Å². The van der Waals surface area contributed by atoms with Crippen LogP contribution in [0.4, 0.5) is 0 Å². The molecule has 4 heteroatoms. The van der Waals surface area contributed by atoms with Crippen LogP contribution in [-0.2, 0) is 9.53 Å². The Morgan fingerprint density at radius 3 is 2.00 bits per heavy atom. The molecule has 0 amide bonds. The fourth-order valence-electron chi connectivity index (χ4n) is 0.674. The van der Waals surface area contributed by atoms with Crippen LogP contribution in [0.25, 0.3) is 0 Å². The number of esters is 1. The summed E-state index contributed by atoms with van der Waals surface area (Å²) in [7, 11) is 1.20. The molecule has 0 saturated heterocycles. The van der Waals surface area contributed by atoms with Crippen LogP contribution in [0.2, 0.25) is 0 Å². The van der Waals surface area contributed by atoms with Crippen molar-refractivity contribution >= 4 is 11.7 Å². The molecule has 0 aromatic heterocycles. The van der Waals surface area contributed by atoms with Crippen LogP contribution in [0, 0.1) is 5.41 Å². The monoisotopic (exact) mass is 157 g/mol. The molecule has 0 aromatic carbocycles. The van der Waals surface area contributed by atoms with Gasteiger partial charge in [-0.2, -0.15) is 0 Å². The van der Waals surface area contributed by atoms with Gasteiger partial charge in [-0.15, -0.1) is 0 Å². The molecule has 0 unspecified atom stereocenters. The molecule has 0 aromatic rings. The van der Waals surface area contributed by atoms with Crippen molar-refractivity contribution in [3.8, 4) is 0 Å². The number of allylic oxidation sites excluding steroid dienone is 1. The third kappa shape index (κ3) is 2.41. The minimum Gasteiger partial charge on any atom is -0.512 e. The molecule has 0 atom stereocenters. The molecule has 0 spiro atoms. The van der Waals surface area contributed by atoms with Crippen LogP contribution in [-0.4, -0.2) is 23.9 Å². The van der Waals surface area contributed by atoms with E-state index in [4.69, 9.17) is 10.5 Å². The van der Waals surface area contributed by atoms with E-state index in [9.17, 15) is 4.79 Å². The van der Waals surface area contributed by atoms with Crippen LogP contribution in [0.5, 0.6) is 0 Å². The summed E-state index contributed by atoms with van der Waals surface area (Å²) in [6.45, 7) is 2.75. The van der Waals surface area contributed by atoms with Gasteiger partial charge in [-0.1, -0.05) is 0 Å². The van der Waals surface area contributed by atoms with Gasteiger partial charge < -0.3 is 15.3 Å². The Balaban J connectivity index is 4.79. The Hall–Kier alpha value is -1.32. The highest BCUT2D eigenvalue weighted by Gasteiger charge is 2.14. The molecule has 2 N–H and O–H groups in total. The standard InChI is InChI=1S/C7H11NO3/c1-4(8)6(5(2)9)7(10)11-3/h8-9H,1-3H3/b6-5+,8-4?. The molecule has 0 aliphatic rings. The number of ether oxygens (including phenoxy) is 1. The highest BCUT2D eigenvalue weighted by Crippen LogP contribution is 2.04. The lowest BCUT2D eigenvalue weighted by Crippen LogP contribution is -2.13. The lowest BCUT2D eigenvalue weighted by atomic mass is 10.1. The van der Waals surface area contributed by atoms with Crippen molar-refractivity contribution in [2.45, 2.75) is 13.8 Å². The normalized spacial score (nSPS) is 11.9. The number of nitrogens with one attached hydrogen (secondary N) is 1. The fourth-order valence-corrected chi connectivity index (χ4v) is 0.674. The fraction of sp³-hybridized carbons (Fsp3) is 0.429. The number of carbonyl (C=O) groups excluding carboxylic acids is 1. The maximum Gasteiger partial charge on any atom is 0.343 e. The van der Waals surface area contributed by atoms with E-state index in [-0.39, 0.29) is 17.0 Å². The Morgan fingerprint density at radius 2 is 1.91 bits per heavy atom. The van der Waals surface area contributed by atoms with Crippen LogP contribution in [0.3, 0.4) is 0 Å². The van der Waals surface area contributed by atoms with Gasteiger partial charge in [-0.05, 0) is 13.8 Å². The molecular weight excluding hydrogens is 146 g/mol. The Labute approximate surface area is 65.0 Å². The highest BCUT2D eigenvalue weighted by atomic mass is 16.5. The zero-order chi connectivity index (χ0) is 9.02. The lowest BCUT2D eigenvalue weighted by Gasteiger charge is -2.03. The Morgan fingerprint density at radius 1 is 1.45 bits per heavy atom. The Bertz CT molecular complexity index is 214. The summed E-state index contributed by atoms with van der Waals surface area (Å²) in [5.41, 5.74) is -0.0793. The van der Waals surface area contributed by atoms with Gasteiger partial charge in [-0.3, -0.25) is 0 Å². The number of aliphatic hydroxyl groups excluding tert-OH is 1. The molecule has 0 fully saturated rings. The molecular formula is C7H11NO3. The summed E-state index contributed by atoms with van der Waals surface area (Å²) in [4.78, 5) is 10.8. The lowest BCUT2D eigenvalue weighted by molar-refractivity contribution is -0.135. The second-order valence-electron chi connectivity index (χ2n) is 2.08. The van der Waals surface area contributed by atoms with Crippen LogP contribution < -0.4 is 0 Å². The predicted octanol–water partition coefficient (Wildman–Crippen LogP) is 1.03. The summed E-state index contributed by atoms with van der Waals surface area (Å²) in [5.74, 6) is -0.873. The molecule has 11 heavy (non-hydrogen) atoms. The number of hydrogen-bond donors (Lipinski definition) is 2. The summed E-state index contributed by atoms with van der Waals surface area (Å²) in [5, 5.41) is 16.0. The average Bonchev–Trinajstić information content (AvgIpc) is 1.85. The molecule has 4 nitrogen and oxygen atoms in total. The molecule has 0 heterocycles. The Kier molecular flexibility index (Phi) is 3.30. The smallest absolute Gasteiger partial charge is 0.343 e. The van der Waals surface area contributed by atoms with Crippen LogP contribution >= 0.6 is 0 Å². The van der Waals surface area contributed by atoms with Crippen molar-refractivity contribution in [1.29, 1.82) is 5.41 Å². The van der Waals surface area contributed by atoms with Crippen LogP contribution in [0.15, 0.2) is 11.3 Å². The van der Waals surface area contributed by atoms with Crippen molar-refractivity contribution in [2.75, 3.05) is 7.11 Å². The first-order valence-electron chi connectivity index (χ1n) is 3.04. The van der Waals surface area contributed by atoms with Gasteiger partial charge in [0.15, 0.2) is 0 Å². The average molecular weight is 157 g/mol. The summed E-state index contributed by atoms with van der Waals surface area (Å²) in [6.07, 6.45) is 0. The third-order valence-corrected chi connectivity index (χ3v) is 1.13. The molecule has 62 valence electrons. The van der Waals surface area contributed by atoms with Crippen molar-refractivity contribution in [3.05, 3.63) is 11.3 Å². The van der Waals surface area contributed by atoms with Crippen molar-refractivity contribution in [3.63, 3.8) is 0 Å². The van der Waals surface area contributed by atoms with Crippen molar-refractivity contribution < 1.29 is 14.6 Å². The second kappa shape index (κ2) is 3.75. The molecule has 0 rings (SSSR count). The first-order valence-corrected chi connectivity index (χ1v) is 3.04. The van der Waals surface area contributed by atoms with E-state index in [1.807, 2.05) is 0 Å². The van der Waals surface area contributed by atoms with Gasteiger partial charge in [0.2, 0.25) is 0 Å². The van der Waals surface area contributed by atoms with E-state index >= 15 is 0 Å². The van der Waals surface area contributed by atoms with Gasteiger partial charge in [-0.25, -0.2) is 4.79 Å². The predicted molar refractivity (Wildman–Crippen MR) is 40.7 cm³/mol. The van der Waals surface area contributed by atoms with Crippen molar-refractivity contribution in [2.24, 2.45) is 0 Å². The topological polar surface area (TPSA) is 70.4 Å². The summed E-state index contributed by atoms with van der Waals surface area (Å²) >= 11 is 0. The number of aliphatic hydroxyl groups is 1. The van der Waals surface area contributed by atoms with Crippen molar-refractivity contribution in [1.82, 2.24) is 0 Å². The van der Waals surface area contributed by atoms with E-state index < -0.39 is 5.97 Å². The van der Waals surface area contributed by atoms with Gasteiger partial charge in [0.25, 0.3) is 0 Å². The van der Waals surface area contributed by atoms with E-state index in [1.54, 1.807) is 0 Å². The maximum absolute atomic E-state index is 10.8. The number of rotatable bonds is 2. The first kappa shape index (κ1) is 9.68. The van der Waals surface area contributed by atoms with E-state index in [2.05, 4.69) is 4.74 Å². The minimum absolute atomic E-state index is 0.00292. The zero-order valence-corrected chi connectivity index (χ0v) is 6.76. The van der Waals surface area contributed by atoms with Gasteiger partial charge in [0.05, 0.1) is 7.11 Å². The molecule has 0 aliphatic heterocycles. The first-order chi connectivity index (χ1) is 5.00. The number of hydrogen-bond acceptors (Lipinski definition) is 4. The quantitative estimate of drug-likeness (QED) is 0.272. The summed E-state index contributed by atoms with van der Waals surface area (Å²) < 4.78 is 4.34. The zero-order valence-electron chi connectivity index (χ0n) is 6.76. The highest BCUT2D eigenvalue weighted by molar-refractivity contribution is 6.17. The van der Waals surface area contributed by atoms with Gasteiger partial charge >= 0.3 is 5.97 Å². The molecule has 0 aliphatic carbocycles. The van der Waals surface area contributed by atoms with Crippen LogP contribution in [0.1, 0.15) is 13.8 Å². The van der Waals surface area contributed by atoms with E-state index in [1.165, 1.54) is 21.0 Å². The second-order valence-corrected chi connectivity index (χ2v) is 2.08. The SMILES string of the molecule is COC(=O)/C(C(C)=N)=C(\C)O. The number of carbonyl (C=O) groups is 1. The minimum atomic E-state index is -0.683.